The van der Waals surface area contributed by atoms with E-state index in [-0.39, 0.29) is 6.42 Å². The van der Waals surface area contributed by atoms with E-state index >= 15 is 0 Å². The molecule has 0 radical (unpaired) electrons. The molecule has 1 unspecified atom stereocenters. The summed E-state index contributed by atoms with van der Waals surface area (Å²) < 4.78 is 5.15. The molecule has 5 N–H and O–H groups in total. The van der Waals surface area contributed by atoms with Gasteiger partial charge in [-0.15, -0.1) is 0 Å². The van der Waals surface area contributed by atoms with Gasteiger partial charge < -0.3 is 30.5 Å². The molecule has 1 rings (SSSR count). The number of carbonyl (C=O) groups is 1. The molecule has 7 nitrogen and oxygen atoms in total. The molecule has 1 aliphatic heterocycles. The minimum Gasteiger partial charge on any atom is -0.394 e. The Labute approximate surface area is 99.0 Å². The largest absolute Gasteiger partial charge is 0.394 e. The lowest BCUT2D eigenvalue weighted by Crippen LogP contribution is -2.69. The lowest BCUT2D eigenvalue weighted by Gasteiger charge is -2.47. The van der Waals surface area contributed by atoms with Gasteiger partial charge in [-0.1, -0.05) is 6.92 Å². The first-order valence-corrected chi connectivity index (χ1v) is 5.50. The van der Waals surface area contributed by atoms with Gasteiger partial charge in [0.2, 0.25) is 5.91 Å². The molecule has 1 fully saturated rings. The van der Waals surface area contributed by atoms with E-state index in [4.69, 9.17) is 9.84 Å². The van der Waals surface area contributed by atoms with E-state index < -0.39 is 42.7 Å². The average Bonchev–Trinajstić information content (AvgIpc) is 2.29. The Morgan fingerprint density at radius 1 is 1.41 bits per heavy atom. The summed E-state index contributed by atoms with van der Waals surface area (Å²) in [5, 5.41) is 41.0. The number of amides is 1. The Hall–Kier alpha value is -0.730. The van der Waals surface area contributed by atoms with Crippen LogP contribution in [0.4, 0.5) is 0 Å². The maximum absolute atomic E-state index is 11.0. The van der Waals surface area contributed by atoms with Crippen molar-refractivity contribution >= 4 is 5.91 Å². The minimum atomic E-state index is -1.81. The molecule has 0 bridgehead atoms. The fourth-order valence-electron chi connectivity index (χ4n) is 1.95. The SMILES string of the molecule is CCC1(O)O[C@H](CO)[C@@H](O)[C@H](O)[C@H]1NC(C)=O. The molecule has 0 aromatic rings. The highest BCUT2D eigenvalue weighted by atomic mass is 16.6. The second-order valence-corrected chi connectivity index (χ2v) is 4.20. The summed E-state index contributed by atoms with van der Waals surface area (Å²) in [6, 6.07) is -1.14. The van der Waals surface area contributed by atoms with Crippen molar-refractivity contribution in [2.24, 2.45) is 0 Å². The minimum absolute atomic E-state index is 0.0955. The Balaban J connectivity index is 2.95. The topological polar surface area (TPSA) is 119 Å². The van der Waals surface area contributed by atoms with Crippen LogP contribution in [0.3, 0.4) is 0 Å². The van der Waals surface area contributed by atoms with Crippen molar-refractivity contribution in [1.82, 2.24) is 5.32 Å². The molecular formula is C10H19NO6. The molecule has 0 aliphatic carbocycles. The molecule has 1 amide bonds. The van der Waals surface area contributed by atoms with Gasteiger partial charge in [0.25, 0.3) is 0 Å². The zero-order valence-corrected chi connectivity index (χ0v) is 9.83. The summed E-state index contributed by atoms with van der Waals surface area (Å²) >= 11 is 0. The first kappa shape index (κ1) is 14.3. The van der Waals surface area contributed by atoms with Crippen LogP contribution in [-0.4, -0.2) is 63.1 Å². The van der Waals surface area contributed by atoms with Crippen molar-refractivity contribution in [1.29, 1.82) is 0 Å². The highest BCUT2D eigenvalue weighted by molar-refractivity contribution is 5.73. The molecule has 0 aromatic heterocycles. The van der Waals surface area contributed by atoms with Gasteiger partial charge in [0.05, 0.1) is 6.61 Å². The zero-order chi connectivity index (χ0) is 13.2. The summed E-state index contributed by atoms with van der Waals surface area (Å²) in [6.45, 7) is 2.30. The normalized spacial score (nSPS) is 42.2. The van der Waals surface area contributed by atoms with Gasteiger partial charge in [0, 0.05) is 13.3 Å². The van der Waals surface area contributed by atoms with Gasteiger partial charge >= 0.3 is 0 Å². The number of hydrogen-bond acceptors (Lipinski definition) is 6. The number of nitrogens with one attached hydrogen (secondary N) is 1. The fourth-order valence-corrected chi connectivity index (χ4v) is 1.95. The molecule has 0 spiro atoms. The van der Waals surface area contributed by atoms with Crippen molar-refractivity contribution in [3.63, 3.8) is 0 Å². The predicted molar refractivity (Wildman–Crippen MR) is 56.8 cm³/mol. The second kappa shape index (κ2) is 5.28. The van der Waals surface area contributed by atoms with Gasteiger partial charge in [-0.3, -0.25) is 4.79 Å². The average molecular weight is 249 g/mol. The van der Waals surface area contributed by atoms with E-state index in [0.29, 0.717) is 0 Å². The summed E-state index contributed by atoms with van der Waals surface area (Å²) in [5.41, 5.74) is 0. The Morgan fingerprint density at radius 2 is 2.00 bits per heavy atom. The lowest BCUT2D eigenvalue weighted by atomic mass is 9.88. The van der Waals surface area contributed by atoms with Crippen molar-refractivity contribution < 1.29 is 30.0 Å². The van der Waals surface area contributed by atoms with Gasteiger partial charge in [-0.25, -0.2) is 0 Å². The molecule has 5 atom stereocenters. The standard InChI is InChI=1S/C10H19NO6/c1-3-10(16)9(11-5(2)13)8(15)7(14)6(4-12)17-10/h6-9,12,14-16H,3-4H2,1-2H3,(H,11,13)/t6-,7-,8+,9-,10?/m1/s1. The monoisotopic (exact) mass is 249 g/mol. The summed E-state index contributed by atoms with van der Waals surface area (Å²) in [4.78, 5) is 11.0. The third-order valence-electron chi connectivity index (χ3n) is 2.96. The van der Waals surface area contributed by atoms with Crippen molar-refractivity contribution in [2.45, 2.75) is 50.4 Å². The van der Waals surface area contributed by atoms with Gasteiger partial charge in [-0.05, 0) is 0 Å². The molecule has 100 valence electrons. The Bertz CT molecular complexity index is 286. The maximum Gasteiger partial charge on any atom is 0.217 e. The van der Waals surface area contributed by atoms with Crippen LogP contribution < -0.4 is 5.32 Å². The van der Waals surface area contributed by atoms with E-state index in [9.17, 15) is 20.1 Å². The third-order valence-corrected chi connectivity index (χ3v) is 2.96. The van der Waals surface area contributed by atoms with Gasteiger partial charge in [0.15, 0.2) is 5.79 Å². The summed E-state index contributed by atoms with van der Waals surface area (Å²) in [6.07, 6.45) is -3.77. The number of hydrogen-bond donors (Lipinski definition) is 5. The third kappa shape index (κ3) is 2.75. The number of carbonyl (C=O) groups excluding carboxylic acids is 1. The molecular weight excluding hydrogens is 230 g/mol. The first-order valence-electron chi connectivity index (χ1n) is 5.50. The number of aliphatic hydroxyl groups excluding tert-OH is 3. The first-order chi connectivity index (χ1) is 7.85. The van der Waals surface area contributed by atoms with Crippen LogP contribution >= 0.6 is 0 Å². The van der Waals surface area contributed by atoms with Crippen molar-refractivity contribution in [3.05, 3.63) is 0 Å². The van der Waals surface area contributed by atoms with E-state index in [0.717, 1.165) is 0 Å². The molecule has 1 saturated heterocycles. The smallest absolute Gasteiger partial charge is 0.217 e. The van der Waals surface area contributed by atoms with Crippen LogP contribution in [-0.2, 0) is 9.53 Å². The van der Waals surface area contributed by atoms with Crippen LogP contribution in [0.25, 0.3) is 0 Å². The Kier molecular flexibility index (Phi) is 4.45. The van der Waals surface area contributed by atoms with Crippen molar-refractivity contribution in [3.8, 4) is 0 Å². The van der Waals surface area contributed by atoms with Crippen LogP contribution in [0, 0.1) is 0 Å². The maximum atomic E-state index is 11.0. The van der Waals surface area contributed by atoms with E-state index in [1.165, 1.54) is 6.92 Å². The highest BCUT2D eigenvalue weighted by Crippen LogP contribution is 2.30. The van der Waals surface area contributed by atoms with Crippen molar-refractivity contribution in [2.75, 3.05) is 6.61 Å². The van der Waals surface area contributed by atoms with E-state index in [2.05, 4.69) is 5.32 Å². The summed E-state index contributed by atoms with van der Waals surface area (Å²) in [5.74, 6) is -2.27. The molecule has 1 heterocycles. The van der Waals surface area contributed by atoms with E-state index in [1.54, 1.807) is 6.92 Å². The van der Waals surface area contributed by atoms with Gasteiger partial charge in [-0.2, -0.15) is 0 Å². The zero-order valence-electron chi connectivity index (χ0n) is 9.83. The number of ether oxygens (including phenoxy) is 1. The number of aliphatic hydroxyl groups is 4. The van der Waals surface area contributed by atoms with Gasteiger partial charge in [0.1, 0.15) is 24.4 Å². The molecule has 17 heavy (non-hydrogen) atoms. The molecule has 7 heteroatoms. The molecule has 1 aliphatic rings. The second-order valence-electron chi connectivity index (χ2n) is 4.20. The van der Waals surface area contributed by atoms with Crippen LogP contribution in [0.1, 0.15) is 20.3 Å². The highest BCUT2D eigenvalue weighted by Gasteiger charge is 2.52. The fraction of sp³-hybridized carbons (Fsp3) is 0.900. The lowest BCUT2D eigenvalue weighted by molar-refractivity contribution is -0.319. The predicted octanol–water partition coefficient (Wildman–Crippen LogP) is -2.30. The quantitative estimate of drug-likeness (QED) is 0.384. The van der Waals surface area contributed by atoms with Crippen LogP contribution in [0.15, 0.2) is 0 Å². The molecule has 0 saturated carbocycles. The number of rotatable bonds is 3. The Morgan fingerprint density at radius 3 is 2.41 bits per heavy atom. The van der Waals surface area contributed by atoms with Crippen LogP contribution in [0.2, 0.25) is 0 Å². The molecule has 0 aromatic carbocycles. The van der Waals surface area contributed by atoms with E-state index in [1.807, 2.05) is 0 Å². The van der Waals surface area contributed by atoms with Crippen LogP contribution in [0.5, 0.6) is 0 Å². The summed E-state index contributed by atoms with van der Waals surface area (Å²) in [7, 11) is 0.